The number of ether oxygens (including phenoxy) is 1. The number of aromatic nitrogens is 3. The molecule has 0 amide bonds. The lowest BCUT2D eigenvalue weighted by Gasteiger charge is -2.07. The highest BCUT2D eigenvalue weighted by Gasteiger charge is 2.29. The zero-order valence-corrected chi connectivity index (χ0v) is 12.5. The average molecular weight is 295 g/mol. The van der Waals surface area contributed by atoms with E-state index in [-0.39, 0.29) is 0 Å². The lowest BCUT2D eigenvalue weighted by atomic mass is 10.3. The maximum Gasteiger partial charge on any atom is 0.191 e. The molecule has 1 aliphatic carbocycles. The highest BCUT2D eigenvalue weighted by atomic mass is 32.2. The maximum atomic E-state index is 5.09. The van der Waals surface area contributed by atoms with E-state index in [4.69, 9.17) is 4.74 Å². The van der Waals surface area contributed by atoms with Gasteiger partial charge in [0, 0.05) is 30.2 Å². The zero-order valence-electron chi connectivity index (χ0n) is 10.9. The highest BCUT2D eigenvalue weighted by Crippen LogP contribution is 2.39. The number of nitrogens with zero attached hydrogens (tertiary/aromatic N) is 3. The van der Waals surface area contributed by atoms with Gasteiger partial charge in [0.05, 0.1) is 6.61 Å². The Hall–Kier alpha value is -0.850. The van der Waals surface area contributed by atoms with Crippen molar-refractivity contribution in [2.45, 2.75) is 30.5 Å². The van der Waals surface area contributed by atoms with E-state index in [0.717, 1.165) is 29.8 Å². The standard InChI is InChI=1S/C13H17N3OS2/c1-17-6-8-19-13-15-14-12(16(13)10-4-5-10)9-11-3-2-7-18-11/h2-3,7,10H,4-6,8-9H2,1H3. The minimum Gasteiger partial charge on any atom is -0.384 e. The van der Waals surface area contributed by atoms with Crippen LogP contribution in [0.4, 0.5) is 0 Å². The Bertz CT molecular complexity index is 520. The summed E-state index contributed by atoms with van der Waals surface area (Å²) in [5.74, 6) is 2.03. The lowest BCUT2D eigenvalue weighted by Crippen LogP contribution is -2.04. The van der Waals surface area contributed by atoms with E-state index in [1.54, 1.807) is 30.2 Å². The number of methoxy groups -OCH3 is 1. The lowest BCUT2D eigenvalue weighted by molar-refractivity contribution is 0.218. The fourth-order valence-corrected chi connectivity index (χ4v) is 3.64. The molecule has 0 unspecified atom stereocenters. The van der Waals surface area contributed by atoms with Gasteiger partial charge in [0.2, 0.25) is 0 Å². The Kier molecular flexibility index (Phi) is 4.20. The van der Waals surface area contributed by atoms with Gasteiger partial charge in [-0.1, -0.05) is 17.8 Å². The molecule has 1 fully saturated rings. The third kappa shape index (κ3) is 3.19. The molecule has 0 aliphatic heterocycles. The molecule has 6 heteroatoms. The van der Waals surface area contributed by atoms with Crippen LogP contribution in [0, 0.1) is 0 Å². The Labute approximate surface area is 121 Å². The van der Waals surface area contributed by atoms with E-state index >= 15 is 0 Å². The first-order valence-electron chi connectivity index (χ1n) is 6.46. The van der Waals surface area contributed by atoms with Crippen LogP contribution in [0.2, 0.25) is 0 Å². The Balaban J connectivity index is 1.76. The zero-order chi connectivity index (χ0) is 13.1. The normalized spacial score (nSPS) is 15.0. The first kappa shape index (κ1) is 13.1. The van der Waals surface area contributed by atoms with Crippen molar-refractivity contribution in [2.24, 2.45) is 0 Å². The van der Waals surface area contributed by atoms with Crippen molar-refractivity contribution in [2.75, 3.05) is 19.5 Å². The summed E-state index contributed by atoms with van der Waals surface area (Å²) in [4.78, 5) is 1.35. The Morgan fingerprint density at radius 2 is 2.37 bits per heavy atom. The fraction of sp³-hybridized carbons (Fsp3) is 0.538. The van der Waals surface area contributed by atoms with Crippen LogP contribution in [-0.4, -0.2) is 34.2 Å². The summed E-state index contributed by atoms with van der Waals surface area (Å²) >= 11 is 3.52. The average Bonchev–Trinajstić information content (AvgIpc) is 2.97. The number of thioether (sulfide) groups is 1. The summed E-state index contributed by atoms with van der Waals surface area (Å²) in [6, 6.07) is 4.87. The van der Waals surface area contributed by atoms with Gasteiger partial charge in [-0.15, -0.1) is 21.5 Å². The van der Waals surface area contributed by atoms with E-state index in [1.807, 2.05) is 0 Å². The van der Waals surface area contributed by atoms with Gasteiger partial charge < -0.3 is 9.30 Å². The Morgan fingerprint density at radius 3 is 3.05 bits per heavy atom. The van der Waals surface area contributed by atoms with Crippen molar-refractivity contribution in [1.29, 1.82) is 0 Å². The summed E-state index contributed by atoms with van der Waals surface area (Å²) in [7, 11) is 1.73. The number of hydrogen-bond donors (Lipinski definition) is 0. The van der Waals surface area contributed by atoms with Gasteiger partial charge in [-0.05, 0) is 24.3 Å². The van der Waals surface area contributed by atoms with Crippen molar-refractivity contribution in [3.8, 4) is 0 Å². The van der Waals surface area contributed by atoms with Gasteiger partial charge in [0.1, 0.15) is 5.82 Å². The largest absolute Gasteiger partial charge is 0.384 e. The molecule has 1 aliphatic rings. The molecule has 3 rings (SSSR count). The third-order valence-corrected chi connectivity index (χ3v) is 4.86. The van der Waals surface area contributed by atoms with E-state index in [1.165, 1.54) is 17.7 Å². The van der Waals surface area contributed by atoms with E-state index in [2.05, 4.69) is 32.3 Å². The van der Waals surface area contributed by atoms with Gasteiger partial charge >= 0.3 is 0 Å². The summed E-state index contributed by atoms with van der Waals surface area (Å²) < 4.78 is 7.43. The SMILES string of the molecule is COCCSc1nnc(Cc2cccs2)n1C1CC1. The molecule has 19 heavy (non-hydrogen) atoms. The molecule has 0 radical (unpaired) electrons. The van der Waals surface area contributed by atoms with Crippen molar-refractivity contribution in [3.05, 3.63) is 28.2 Å². The number of rotatable bonds is 7. The minimum absolute atomic E-state index is 0.620. The predicted molar refractivity (Wildman–Crippen MR) is 78.0 cm³/mol. The van der Waals surface area contributed by atoms with Crippen LogP contribution in [0.25, 0.3) is 0 Å². The molecular weight excluding hydrogens is 278 g/mol. The minimum atomic E-state index is 0.620. The molecule has 2 aromatic heterocycles. The van der Waals surface area contributed by atoms with Crippen molar-refractivity contribution >= 4 is 23.1 Å². The van der Waals surface area contributed by atoms with Crippen molar-refractivity contribution in [3.63, 3.8) is 0 Å². The van der Waals surface area contributed by atoms with Gasteiger partial charge in [-0.2, -0.15) is 0 Å². The smallest absolute Gasteiger partial charge is 0.191 e. The second-order valence-electron chi connectivity index (χ2n) is 4.60. The molecule has 0 atom stereocenters. The molecule has 2 heterocycles. The number of thiophene rings is 1. The van der Waals surface area contributed by atoms with Crippen LogP contribution in [0.1, 0.15) is 29.6 Å². The van der Waals surface area contributed by atoms with E-state index < -0.39 is 0 Å². The fourth-order valence-electron chi connectivity index (χ4n) is 2.01. The first-order valence-corrected chi connectivity index (χ1v) is 8.33. The first-order chi connectivity index (χ1) is 9.38. The van der Waals surface area contributed by atoms with Crippen LogP contribution < -0.4 is 0 Å². The highest BCUT2D eigenvalue weighted by molar-refractivity contribution is 7.99. The maximum absolute atomic E-state index is 5.09. The summed E-state index contributed by atoms with van der Waals surface area (Å²) in [6.07, 6.45) is 3.41. The molecule has 2 aromatic rings. The van der Waals surface area contributed by atoms with Crippen LogP contribution >= 0.6 is 23.1 Å². The summed E-state index contributed by atoms with van der Waals surface area (Å²) in [5, 5.41) is 11.9. The summed E-state index contributed by atoms with van der Waals surface area (Å²) in [6.45, 7) is 0.752. The summed E-state index contributed by atoms with van der Waals surface area (Å²) in [5.41, 5.74) is 0. The molecule has 0 spiro atoms. The van der Waals surface area contributed by atoms with Crippen LogP contribution in [0.15, 0.2) is 22.7 Å². The predicted octanol–water partition coefficient (Wildman–Crippen LogP) is 3.00. The van der Waals surface area contributed by atoms with Gasteiger partial charge in [-0.3, -0.25) is 0 Å². The molecule has 0 aromatic carbocycles. The molecule has 0 bridgehead atoms. The second kappa shape index (κ2) is 6.07. The van der Waals surface area contributed by atoms with Crippen LogP contribution in [0.5, 0.6) is 0 Å². The molecule has 0 saturated heterocycles. The van der Waals surface area contributed by atoms with Gasteiger partial charge in [0.25, 0.3) is 0 Å². The van der Waals surface area contributed by atoms with Gasteiger partial charge in [0.15, 0.2) is 5.16 Å². The monoisotopic (exact) mass is 295 g/mol. The quantitative estimate of drug-likeness (QED) is 0.581. The molecular formula is C13H17N3OS2. The number of hydrogen-bond acceptors (Lipinski definition) is 5. The third-order valence-electron chi connectivity index (χ3n) is 3.08. The molecule has 1 saturated carbocycles. The molecule has 102 valence electrons. The Morgan fingerprint density at radius 1 is 1.47 bits per heavy atom. The molecule has 0 N–H and O–H groups in total. The van der Waals surface area contributed by atoms with Crippen LogP contribution in [0.3, 0.4) is 0 Å². The van der Waals surface area contributed by atoms with Crippen molar-refractivity contribution in [1.82, 2.24) is 14.8 Å². The van der Waals surface area contributed by atoms with Crippen molar-refractivity contribution < 1.29 is 4.74 Å². The molecule has 4 nitrogen and oxygen atoms in total. The van der Waals surface area contributed by atoms with Gasteiger partial charge in [-0.25, -0.2) is 0 Å². The second-order valence-corrected chi connectivity index (χ2v) is 6.69. The van der Waals surface area contributed by atoms with Crippen LogP contribution in [-0.2, 0) is 11.2 Å². The topological polar surface area (TPSA) is 39.9 Å². The van der Waals surface area contributed by atoms with E-state index in [0.29, 0.717) is 6.04 Å². The van der Waals surface area contributed by atoms with E-state index in [9.17, 15) is 0 Å².